The topological polar surface area (TPSA) is 30.2 Å². The van der Waals surface area contributed by atoms with Crippen LogP contribution in [0.25, 0.3) is 5.65 Å². The molecule has 2 heterocycles. The predicted molar refractivity (Wildman–Crippen MR) is 43.0 cm³/mol. The van der Waals surface area contributed by atoms with E-state index in [0.717, 1.165) is 0 Å². The summed E-state index contributed by atoms with van der Waals surface area (Å²) in [4.78, 5) is 3.98. The number of nitrogens with zero attached hydrogens (tertiary/aromatic N) is 3. The molecule has 2 aromatic heterocycles. The smallest absolute Gasteiger partial charge is 0.158 e. The Morgan fingerprint density at radius 3 is 2.91 bits per heavy atom. The van der Waals surface area contributed by atoms with Crippen LogP contribution in [0.5, 0.6) is 0 Å². The molecule has 0 unspecified atom stereocenters. The summed E-state index contributed by atoms with van der Waals surface area (Å²) in [5.74, 6) is 0. The molecule has 0 N–H and O–H groups in total. The molecule has 0 spiro atoms. The summed E-state index contributed by atoms with van der Waals surface area (Å²) in [5, 5.41) is 4.77. The second kappa shape index (κ2) is 2.36. The van der Waals surface area contributed by atoms with E-state index in [-0.39, 0.29) is 0 Å². The molecule has 0 aliphatic rings. The van der Waals surface area contributed by atoms with E-state index in [9.17, 15) is 0 Å². The third-order valence-corrected chi connectivity index (χ3v) is 1.66. The SMILES string of the molecule is Clc1ccn2nc(Cl)cc2n1. The van der Waals surface area contributed by atoms with Crippen molar-refractivity contribution in [3.63, 3.8) is 0 Å². The lowest BCUT2D eigenvalue weighted by Crippen LogP contribution is -1.87. The maximum atomic E-state index is 5.63. The molecule has 0 aliphatic heterocycles. The van der Waals surface area contributed by atoms with Crippen LogP contribution >= 0.6 is 23.2 Å². The van der Waals surface area contributed by atoms with Crippen LogP contribution in [0.3, 0.4) is 0 Å². The predicted octanol–water partition coefficient (Wildman–Crippen LogP) is 2.04. The van der Waals surface area contributed by atoms with Gasteiger partial charge < -0.3 is 0 Å². The molecular weight excluding hydrogens is 185 g/mol. The molecule has 5 heteroatoms. The Morgan fingerprint density at radius 2 is 2.09 bits per heavy atom. The minimum atomic E-state index is 0.416. The van der Waals surface area contributed by atoms with Crippen molar-refractivity contribution in [2.45, 2.75) is 0 Å². The van der Waals surface area contributed by atoms with Gasteiger partial charge in [-0.3, -0.25) is 0 Å². The highest BCUT2D eigenvalue weighted by Gasteiger charge is 1.99. The first-order chi connectivity index (χ1) is 5.25. The van der Waals surface area contributed by atoms with Crippen LogP contribution in [0, 0.1) is 0 Å². The highest BCUT2D eigenvalue weighted by atomic mass is 35.5. The van der Waals surface area contributed by atoms with E-state index >= 15 is 0 Å². The molecule has 0 bridgehead atoms. The van der Waals surface area contributed by atoms with E-state index in [2.05, 4.69) is 10.1 Å². The largest absolute Gasteiger partial charge is 0.221 e. The number of aromatic nitrogens is 3. The second-order valence-corrected chi connectivity index (χ2v) is 2.79. The van der Waals surface area contributed by atoms with Crippen molar-refractivity contribution < 1.29 is 0 Å². The van der Waals surface area contributed by atoms with Crippen molar-refractivity contribution in [1.29, 1.82) is 0 Å². The fourth-order valence-corrected chi connectivity index (χ4v) is 1.15. The Bertz CT molecular complexity index is 396. The average molecular weight is 188 g/mol. The molecule has 11 heavy (non-hydrogen) atoms. The highest BCUT2D eigenvalue weighted by molar-refractivity contribution is 6.30. The van der Waals surface area contributed by atoms with Gasteiger partial charge in [0.2, 0.25) is 0 Å². The fraction of sp³-hybridized carbons (Fsp3) is 0. The summed E-state index contributed by atoms with van der Waals surface area (Å²) >= 11 is 11.3. The number of hydrogen-bond acceptors (Lipinski definition) is 2. The molecule has 56 valence electrons. The minimum absolute atomic E-state index is 0.416. The Morgan fingerprint density at radius 1 is 1.27 bits per heavy atom. The summed E-state index contributed by atoms with van der Waals surface area (Å²) in [6.45, 7) is 0. The lowest BCUT2D eigenvalue weighted by Gasteiger charge is -1.89. The molecule has 0 atom stereocenters. The first kappa shape index (κ1) is 6.88. The van der Waals surface area contributed by atoms with Gasteiger partial charge in [-0.05, 0) is 6.07 Å². The molecule has 0 amide bonds. The van der Waals surface area contributed by atoms with Gasteiger partial charge in [0, 0.05) is 12.3 Å². The minimum Gasteiger partial charge on any atom is -0.221 e. The third-order valence-electron chi connectivity index (χ3n) is 1.26. The molecule has 0 aliphatic carbocycles. The fourth-order valence-electron chi connectivity index (χ4n) is 0.828. The summed E-state index contributed by atoms with van der Waals surface area (Å²) in [6.07, 6.45) is 1.70. The normalized spacial score (nSPS) is 10.7. The van der Waals surface area contributed by atoms with Crippen molar-refractivity contribution in [2.75, 3.05) is 0 Å². The molecule has 0 saturated carbocycles. The zero-order chi connectivity index (χ0) is 7.84. The average Bonchev–Trinajstić information content (AvgIpc) is 2.27. The maximum Gasteiger partial charge on any atom is 0.158 e. The van der Waals surface area contributed by atoms with E-state index in [0.29, 0.717) is 16.0 Å². The summed E-state index contributed by atoms with van der Waals surface area (Å²) in [6, 6.07) is 3.30. The Kier molecular flexibility index (Phi) is 1.47. The van der Waals surface area contributed by atoms with Gasteiger partial charge in [-0.15, -0.1) is 0 Å². The van der Waals surface area contributed by atoms with Crippen molar-refractivity contribution in [3.05, 3.63) is 28.6 Å². The van der Waals surface area contributed by atoms with Gasteiger partial charge in [-0.1, -0.05) is 23.2 Å². The van der Waals surface area contributed by atoms with E-state index < -0.39 is 0 Å². The summed E-state index contributed by atoms with van der Waals surface area (Å²) < 4.78 is 1.56. The van der Waals surface area contributed by atoms with Crippen LogP contribution in [0.1, 0.15) is 0 Å². The van der Waals surface area contributed by atoms with Crippen LogP contribution in [-0.2, 0) is 0 Å². The van der Waals surface area contributed by atoms with Crippen molar-refractivity contribution in [1.82, 2.24) is 14.6 Å². The van der Waals surface area contributed by atoms with E-state index in [4.69, 9.17) is 23.2 Å². The van der Waals surface area contributed by atoms with Crippen LogP contribution < -0.4 is 0 Å². The number of rotatable bonds is 0. The lowest BCUT2D eigenvalue weighted by atomic mass is 10.6. The summed E-state index contributed by atoms with van der Waals surface area (Å²) in [7, 11) is 0. The second-order valence-electron chi connectivity index (χ2n) is 2.02. The van der Waals surface area contributed by atoms with Crippen LogP contribution in [0.4, 0.5) is 0 Å². The molecule has 0 aromatic carbocycles. The quantitative estimate of drug-likeness (QED) is 0.592. The number of halogens is 2. The monoisotopic (exact) mass is 187 g/mol. The van der Waals surface area contributed by atoms with Gasteiger partial charge in [0.15, 0.2) is 10.8 Å². The zero-order valence-corrected chi connectivity index (χ0v) is 6.84. The molecule has 0 saturated heterocycles. The van der Waals surface area contributed by atoms with E-state index in [1.165, 1.54) is 0 Å². The van der Waals surface area contributed by atoms with Gasteiger partial charge in [0.05, 0.1) is 0 Å². The highest BCUT2D eigenvalue weighted by Crippen LogP contribution is 2.11. The molecule has 3 nitrogen and oxygen atoms in total. The third kappa shape index (κ3) is 1.17. The van der Waals surface area contributed by atoms with Gasteiger partial charge in [0.1, 0.15) is 5.15 Å². The van der Waals surface area contributed by atoms with Crippen LogP contribution in [0.2, 0.25) is 10.3 Å². The van der Waals surface area contributed by atoms with Gasteiger partial charge in [-0.2, -0.15) is 5.10 Å². The van der Waals surface area contributed by atoms with Gasteiger partial charge >= 0.3 is 0 Å². The molecule has 0 fully saturated rings. The first-order valence-corrected chi connectivity index (χ1v) is 3.69. The Labute approximate surface area is 72.6 Å². The zero-order valence-electron chi connectivity index (χ0n) is 5.33. The molecule has 2 aromatic rings. The first-order valence-electron chi connectivity index (χ1n) is 2.93. The molecule has 0 radical (unpaired) electrons. The van der Waals surface area contributed by atoms with Crippen LogP contribution in [0.15, 0.2) is 18.3 Å². The lowest BCUT2D eigenvalue weighted by molar-refractivity contribution is 0.940. The maximum absolute atomic E-state index is 5.63. The number of fused-ring (bicyclic) bond motifs is 1. The van der Waals surface area contributed by atoms with Crippen LogP contribution in [-0.4, -0.2) is 14.6 Å². The molecular formula is C6H3Cl2N3. The van der Waals surface area contributed by atoms with Gasteiger partial charge in [0.25, 0.3) is 0 Å². The Balaban J connectivity index is 2.82. The van der Waals surface area contributed by atoms with Crippen molar-refractivity contribution in [3.8, 4) is 0 Å². The summed E-state index contributed by atoms with van der Waals surface area (Å²) in [5.41, 5.74) is 0.655. The Hall–Kier alpha value is -0.800. The standard InChI is InChI=1S/C6H3Cl2N3/c7-4-1-2-11-6(9-4)3-5(8)10-11/h1-3H. The van der Waals surface area contributed by atoms with E-state index in [1.54, 1.807) is 22.8 Å². The van der Waals surface area contributed by atoms with E-state index in [1.807, 2.05) is 0 Å². The van der Waals surface area contributed by atoms with Gasteiger partial charge in [-0.25, -0.2) is 9.50 Å². The number of hydrogen-bond donors (Lipinski definition) is 0. The van der Waals surface area contributed by atoms with Crippen molar-refractivity contribution >= 4 is 28.8 Å². The van der Waals surface area contributed by atoms with Crippen molar-refractivity contribution in [2.24, 2.45) is 0 Å². The molecule has 2 rings (SSSR count).